The Labute approximate surface area is 63.6 Å². The van der Waals surface area contributed by atoms with E-state index in [2.05, 4.69) is 5.32 Å². The minimum Gasteiger partial charge on any atom is -0.481 e. The third-order valence-electron chi connectivity index (χ3n) is 1.65. The molecule has 1 fully saturated rings. The van der Waals surface area contributed by atoms with Crippen molar-refractivity contribution in [3.8, 4) is 0 Å². The van der Waals surface area contributed by atoms with E-state index in [0.29, 0.717) is 12.8 Å². The zero-order valence-electron chi connectivity index (χ0n) is 5.96. The van der Waals surface area contributed by atoms with Gasteiger partial charge in [0, 0.05) is 6.42 Å². The first-order valence-corrected chi connectivity index (χ1v) is 3.33. The zero-order chi connectivity index (χ0) is 8.48. The molecule has 0 aliphatic carbocycles. The average molecular weight is 158 g/mol. The van der Waals surface area contributed by atoms with Gasteiger partial charge < -0.3 is 16.2 Å². The highest BCUT2D eigenvalue weighted by Crippen LogP contribution is 2.17. The van der Waals surface area contributed by atoms with Crippen molar-refractivity contribution in [3.05, 3.63) is 0 Å². The number of amides is 1. The Morgan fingerprint density at radius 2 is 2.45 bits per heavy atom. The molecule has 0 aromatic rings. The molecular weight excluding hydrogens is 148 g/mol. The summed E-state index contributed by atoms with van der Waals surface area (Å²) in [4.78, 5) is 20.9. The lowest BCUT2D eigenvalue weighted by Crippen LogP contribution is -2.51. The highest BCUT2D eigenvalue weighted by Gasteiger charge is 2.35. The van der Waals surface area contributed by atoms with Crippen LogP contribution in [-0.4, -0.2) is 22.6 Å². The van der Waals surface area contributed by atoms with Crippen molar-refractivity contribution in [1.82, 2.24) is 5.32 Å². The van der Waals surface area contributed by atoms with Crippen LogP contribution in [0.5, 0.6) is 0 Å². The van der Waals surface area contributed by atoms with Gasteiger partial charge in [0.15, 0.2) is 0 Å². The zero-order valence-corrected chi connectivity index (χ0v) is 5.96. The Balaban J connectivity index is 2.55. The van der Waals surface area contributed by atoms with Gasteiger partial charge in [0.2, 0.25) is 5.91 Å². The van der Waals surface area contributed by atoms with Gasteiger partial charge in [0.05, 0.1) is 12.1 Å². The minimum absolute atomic E-state index is 0.172. The van der Waals surface area contributed by atoms with Gasteiger partial charge in [-0.1, -0.05) is 0 Å². The summed E-state index contributed by atoms with van der Waals surface area (Å²) in [6.45, 7) is 0. The number of nitrogens with one attached hydrogen (secondary N) is 1. The number of carboxylic acids is 1. The van der Waals surface area contributed by atoms with E-state index in [4.69, 9.17) is 10.8 Å². The molecule has 0 radical (unpaired) electrons. The monoisotopic (exact) mass is 158 g/mol. The molecule has 0 aromatic carbocycles. The second kappa shape index (κ2) is 2.50. The van der Waals surface area contributed by atoms with Gasteiger partial charge in [-0.05, 0) is 6.42 Å². The van der Waals surface area contributed by atoms with Crippen molar-refractivity contribution in [2.24, 2.45) is 5.73 Å². The van der Waals surface area contributed by atoms with Gasteiger partial charge in [0.1, 0.15) is 0 Å². The number of aliphatic carboxylic acids is 1. The smallest absolute Gasteiger partial charge is 0.307 e. The number of hydrogen-bond donors (Lipinski definition) is 3. The second-order valence-electron chi connectivity index (χ2n) is 2.77. The summed E-state index contributed by atoms with van der Waals surface area (Å²) < 4.78 is 0. The van der Waals surface area contributed by atoms with Crippen LogP contribution in [0.1, 0.15) is 19.3 Å². The summed E-state index contributed by atoms with van der Waals surface area (Å²) in [7, 11) is 0. The molecule has 1 amide bonds. The molecule has 0 aromatic heterocycles. The summed E-state index contributed by atoms with van der Waals surface area (Å²) in [6.07, 6.45) is 0.515. The molecule has 5 nitrogen and oxygen atoms in total. The van der Waals surface area contributed by atoms with Crippen LogP contribution in [0.25, 0.3) is 0 Å². The fraction of sp³-hybridized carbons (Fsp3) is 0.667. The molecule has 62 valence electrons. The molecule has 1 rings (SSSR count). The summed E-state index contributed by atoms with van der Waals surface area (Å²) in [5, 5.41) is 10.8. The molecular formula is C6H10N2O3. The van der Waals surface area contributed by atoms with Crippen LogP contribution >= 0.6 is 0 Å². The largest absolute Gasteiger partial charge is 0.481 e. The minimum atomic E-state index is -1.01. The van der Waals surface area contributed by atoms with Gasteiger partial charge in [-0.2, -0.15) is 0 Å². The molecule has 11 heavy (non-hydrogen) atoms. The van der Waals surface area contributed by atoms with Crippen LogP contribution in [0.4, 0.5) is 0 Å². The lowest BCUT2D eigenvalue weighted by molar-refractivity contribution is -0.138. The first kappa shape index (κ1) is 8.00. The van der Waals surface area contributed by atoms with E-state index in [9.17, 15) is 9.59 Å². The molecule has 4 N–H and O–H groups in total. The summed E-state index contributed by atoms with van der Waals surface area (Å²) >= 11 is 0. The van der Waals surface area contributed by atoms with Gasteiger partial charge in [-0.25, -0.2) is 0 Å². The number of nitrogens with two attached hydrogens (primary N) is 1. The molecule has 1 heterocycles. The van der Waals surface area contributed by atoms with E-state index < -0.39 is 11.6 Å². The molecule has 1 atom stereocenters. The van der Waals surface area contributed by atoms with E-state index in [0.717, 1.165) is 0 Å². The SMILES string of the molecule is N[C@]1(CC(=O)O)CCC(=O)N1. The third kappa shape index (κ3) is 1.91. The Hall–Kier alpha value is -1.10. The predicted molar refractivity (Wildman–Crippen MR) is 36.5 cm³/mol. The third-order valence-corrected chi connectivity index (χ3v) is 1.65. The number of carbonyl (C=O) groups is 2. The summed E-state index contributed by atoms with van der Waals surface area (Å²) in [6, 6.07) is 0. The Morgan fingerprint density at radius 1 is 1.82 bits per heavy atom. The fourth-order valence-electron chi connectivity index (χ4n) is 1.14. The average Bonchev–Trinajstić information content (AvgIpc) is 2.08. The van der Waals surface area contributed by atoms with Crippen molar-refractivity contribution in [3.63, 3.8) is 0 Å². The molecule has 0 saturated carbocycles. The van der Waals surface area contributed by atoms with Gasteiger partial charge in [-0.3, -0.25) is 9.59 Å². The number of rotatable bonds is 2. The van der Waals surface area contributed by atoms with Crippen LogP contribution in [0.2, 0.25) is 0 Å². The Bertz CT molecular complexity index is 204. The van der Waals surface area contributed by atoms with Crippen molar-refractivity contribution < 1.29 is 14.7 Å². The predicted octanol–water partition coefficient (Wildman–Crippen LogP) is -0.974. The summed E-state index contributed by atoms with van der Waals surface area (Å²) in [5.74, 6) is -1.16. The number of carbonyl (C=O) groups excluding carboxylic acids is 1. The van der Waals surface area contributed by atoms with Gasteiger partial charge in [0.25, 0.3) is 0 Å². The Morgan fingerprint density at radius 3 is 2.82 bits per heavy atom. The number of carboxylic acid groups (broad SMARTS) is 1. The van der Waals surface area contributed by atoms with Crippen molar-refractivity contribution in [1.29, 1.82) is 0 Å². The van der Waals surface area contributed by atoms with Gasteiger partial charge >= 0.3 is 5.97 Å². The maximum Gasteiger partial charge on any atom is 0.307 e. The normalized spacial score (nSPS) is 30.1. The molecule has 0 unspecified atom stereocenters. The van der Waals surface area contributed by atoms with E-state index in [1.54, 1.807) is 0 Å². The van der Waals surface area contributed by atoms with E-state index >= 15 is 0 Å². The fourth-order valence-corrected chi connectivity index (χ4v) is 1.14. The Kier molecular flexibility index (Phi) is 1.82. The van der Waals surface area contributed by atoms with Crippen LogP contribution in [0, 0.1) is 0 Å². The molecule has 5 heteroatoms. The van der Waals surface area contributed by atoms with E-state index in [-0.39, 0.29) is 12.3 Å². The van der Waals surface area contributed by atoms with E-state index in [1.165, 1.54) is 0 Å². The van der Waals surface area contributed by atoms with E-state index in [1.807, 2.05) is 0 Å². The molecule has 1 aliphatic rings. The highest BCUT2D eigenvalue weighted by atomic mass is 16.4. The van der Waals surface area contributed by atoms with Crippen LogP contribution in [0.15, 0.2) is 0 Å². The lowest BCUT2D eigenvalue weighted by atomic mass is 10.1. The van der Waals surface area contributed by atoms with Crippen LogP contribution < -0.4 is 11.1 Å². The summed E-state index contributed by atoms with van der Waals surface area (Å²) in [5.41, 5.74) is 4.53. The molecule has 0 bridgehead atoms. The quantitative estimate of drug-likeness (QED) is 0.482. The van der Waals surface area contributed by atoms with Crippen molar-refractivity contribution in [2.45, 2.75) is 24.9 Å². The lowest BCUT2D eigenvalue weighted by Gasteiger charge is -2.20. The molecule has 1 aliphatic heterocycles. The maximum absolute atomic E-state index is 10.7. The molecule has 0 spiro atoms. The maximum atomic E-state index is 10.7. The number of hydrogen-bond acceptors (Lipinski definition) is 3. The van der Waals surface area contributed by atoms with Crippen molar-refractivity contribution >= 4 is 11.9 Å². The van der Waals surface area contributed by atoms with Gasteiger partial charge in [-0.15, -0.1) is 0 Å². The second-order valence-corrected chi connectivity index (χ2v) is 2.77. The highest BCUT2D eigenvalue weighted by molar-refractivity contribution is 5.81. The first-order valence-electron chi connectivity index (χ1n) is 3.33. The van der Waals surface area contributed by atoms with Crippen molar-refractivity contribution in [2.75, 3.05) is 0 Å². The first-order chi connectivity index (χ1) is 5.02. The van der Waals surface area contributed by atoms with Crippen LogP contribution in [-0.2, 0) is 9.59 Å². The standard InChI is InChI=1S/C6H10N2O3/c7-6(3-5(10)11)2-1-4(9)8-6/h1-3,7H2,(H,8,9)(H,10,11)/t6-/m1/s1. The van der Waals surface area contributed by atoms with Crippen LogP contribution in [0.3, 0.4) is 0 Å². The topological polar surface area (TPSA) is 92.4 Å². The molecule has 1 saturated heterocycles.